The SMILES string of the molecule is C=C(C)C(=O)O.C=C(C)C(=O)O.O=C(O)c1cc(O)c(O)c(O)c1. The fourth-order valence-electron chi connectivity index (χ4n) is 0.728. The van der Waals surface area contributed by atoms with Gasteiger partial charge in [0.25, 0.3) is 0 Å². The van der Waals surface area contributed by atoms with Crippen LogP contribution in [0.2, 0.25) is 0 Å². The minimum Gasteiger partial charge on any atom is -0.504 e. The van der Waals surface area contributed by atoms with Crippen molar-refractivity contribution in [3.05, 3.63) is 42.0 Å². The van der Waals surface area contributed by atoms with Gasteiger partial charge in [-0.05, 0) is 26.0 Å². The molecule has 0 atom stereocenters. The van der Waals surface area contributed by atoms with Crippen molar-refractivity contribution >= 4 is 17.9 Å². The zero-order valence-electron chi connectivity index (χ0n) is 13.0. The van der Waals surface area contributed by atoms with Gasteiger partial charge in [0.15, 0.2) is 17.2 Å². The van der Waals surface area contributed by atoms with E-state index in [1.54, 1.807) is 0 Å². The summed E-state index contributed by atoms with van der Waals surface area (Å²) in [6.45, 7) is 9.20. The van der Waals surface area contributed by atoms with Crippen molar-refractivity contribution in [1.29, 1.82) is 0 Å². The van der Waals surface area contributed by atoms with Crippen molar-refractivity contribution in [2.24, 2.45) is 0 Å². The first-order chi connectivity index (χ1) is 10.8. The lowest BCUT2D eigenvalue weighted by molar-refractivity contribution is -0.133. The molecule has 0 saturated heterocycles. The summed E-state index contributed by atoms with van der Waals surface area (Å²) in [5.41, 5.74) is 0.0628. The third kappa shape index (κ3) is 9.45. The topological polar surface area (TPSA) is 173 Å². The van der Waals surface area contributed by atoms with Crippen LogP contribution in [0.25, 0.3) is 0 Å². The van der Waals surface area contributed by atoms with Gasteiger partial charge in [-0.1, -0.05) is 13.2 Å². The Bertz CT molecular complexity index is 588. The highest BCUT2D eigenvalue weighted by atomic mass is 16.4. The van der Waals surface area contributed by atoms with Crippen LogP contribution in [0.1, 0.15) is 24.2 Å². The molecule has 0 fully saturated rings. The van der Waals surface area contributed by atoms with Crippen molar-refractivity contribution in [3.8, 4) is 17.2 Å². The second-order valence-corrected chi connectivity index (χ2v) is 4.34. The minimum atomic E-state index is -1.29. The lowest BCUT2D eigenvalue weighted by Gasteiger charge is -2.01. The van der Waals surface area contributed by atoms with Crippen molar-refractivity contribution < 1.29 is 45.0 Å². The van der Waals surface area contributed by atoms with Gasteiger partial charge >= 0.3 is 17.9 Å². The van der Waals surface area contributed by atoms with E-state index in [0.29, 0.717) is 0 Å². The van der Waals surface area contributed by atoms with E-state index in [4.69, 9.17) is 30.6 Å². The van der Waals surface area contributed by atoms with Gasteiger partial charge in [-0.2, -0.15) is 0 Å². The van der Waals surface area contributed by atoms with Gasteiger partial charge in [0.05, 0.1) is 5.56 Å². The number of benzene rings is 1. The van der Waals surface area contributed by atoms with Crippen LogP contribution >= 0.6 is 0 Å². The van der Waals surface area contributed by atoms with Crippen molar-refractivity contribution in [1.82, 2.24) is 0 Å². The van der Waals surface area contributed by atoms with Crippen LogP contribution < -0.4 is 0 Å². The van der Waals surface area contributed by atoms with E-state index in [9.17, 15) is 14.4 Å². The molecule has 1 rings (SSSR count). The van der Waals surface area contributed by atoms with E-state index >= 15 is 0 Å². The lowest BCUT2D eigenvalue weighted by Crippen LogP contribution is -1.95. The Morgan fingerprint density at radius 1 is 0.792 bits per heavy atom. The van der Waals surface area contributed by atoms with Crippen molar-refractivity contribution in [3.63, 3.8) is 0 Å². The number of hydrogen-bond acceptors (Lipinski definition) is 6. The van der Waals surface area contributed by atoms with Crippen LogP contribution in [0.15, 0.2) is 36.4 Å². The number of aromatic carboxylic acids is 1. The molecule has 0 radical (unpaired) electrons. The van der Waals surface area contributed by atoms with Crippen LogP contribution in [0.3, 0.4) is 0 Å². The van der Waals surface area contributed by atoms with E-state index < -0.39 is 35.2 Å². The quantitative estimate of drug-likeness (QED) is 0.353. The molecule has 0 heterocycles. The van der Waals surface area contributed by atoms with E-state index in [-0.39, 0.29) is 16.7 Å². The van der Waals surface area contributed by atoms with Gasteiger partial charge in [0, 0.05) is 11.1 Å². The largest absolute Gasteiger partial charge is 0.504 e. The maximum absolute atomic E-state index is 10.3. The van der Waals surface area contributed by atoms with E-state index in [0.717, 1.165) is 12.1 Å². The number of hydrogen-bond donors (Lipinski definition) is 6. The summed E-state index contributed by atoms with van der Waals surface area (Å²) in [7, 11) is 0. The molecule has 1 aromatic carbocycles. The van der Waals surface area contributed by atoms with E-state index in [2.05, 4.69) is 13.2 Å². The second kappa shape index (κ2) is 10.3. The van der Waals surface area contributed by atoms with Crippen molar-refractivity contribution in [2.75, 3.05) is 0 Å². The maximum Gasteiger partial charge on any atom is 0.335 e. The second-order valence-electron chi connectivity index (χ2n) is 4.34. The summed E-state index contributed by atoms with van der Waals surface area (Å²) < 4.78 is 0. The van der Waals surface area contributed by atoms with Crippen LogP contribution in [0.4, 0.5) is 0 Å². The Labute approximate surface area is 137 Å². The monoisotopic (exact) mass is 342 g/mol. The summed E-state index contributed by atoms with van der Waals surface area (Å²) in [6, 6.07) is 1.69. The molecule has 0 aliphatic heterocycles. The normalized spacial score (nSPS) is 8.58. The molecule has 0 amide bonds. The molecule has 0 aliphatic rings. The van der Waals surface area contributed by atoms with Gasteiger partial charge in [0.2, 0.25) is 0 Å². The molecule has 0 bridgehead atoms. The maximum atomic E-state index is 10.3. The molecule has 9 heteroatoms. The Morgan fingerprint density at radius 3 is 1.21 bits per heavy atom. The lowest BCUT2D eigenvalue weighted by atomic mass is 10.2. The smallest absolute Gasteiger partial charge is 0.335 e. The van der Waals surface area contributed by atoms with Crippen LogP contribution in [0, 0.1) is 0 Å². The molecule has 0 saturated carbocycles. The number of rotatable bonds is 3. The molecule has 24 heavy (non-hydrogen) atoms. The third-order valence-corrected chi connectivity index (χ3v) is 2.05. The number of phenols is 3. The molecule has 1 aromatic rings. The minimum absolute atomic E-state index is 0.176. The predicted molar refractivity (Wildman–Crippen MR) is 83.3 cm³/mol. The molecule has 6 N–H and O–H groups in total. The molecule has 132 valence electrons. The summed E-state index contributed by atoms with van der Waals surface area (Å²) >= 11 is 0. The van der Waals surface area contributed by atoms with Gasteiger partial charge in [-0.15, -0.1) is 0 Å². The average Bonchev–Trinajstić information content (AvgIpc) is 2.45. The summed E-state index contributed by atoms with van der Waals surface area (Å²) in [6.07, 6.45) is 0. The fourth-order valence-corrected chi connectivity index (χ4v) is 0.728. The Morgan fingerprint density at radius 2 is 1.04 bits per heavy atom. The molecule has 0 spiro atoms. The first-order valence-corrected chi connectivity index (χ1v) is 6.07. The summed E-state index contributed by atoms with van der Waals surface area (Å²) in [4.78, 5) is 29.5. The van der Waals surface area contributed by atoms with E-state index in [1.807, 2.05) is 0 Å². The first-order valence-electron chi connectivity index (χ1n) is 6.07. The molecule has 9 nitrogen and oxygen atoms in total. The number of aromatic hydroxyl groups is 3. The molecular weight excluding hydrogens is 324 g/mol. The van der Waals surface area contributed by atoms with Crippen molar-refractivity contribution in [2.45, 2.75) is 13.8 Å². The average molecular weight is 342 g/mol. The van der Waals surface area contributed by atoms with Crippen LogP contribution in [-0.2, 0) is 9.59 Å². The number of carbonyl (C=O) groups is 3. The molecular formula is C15H18O9. The number of phenolic OH excluding ortho intramolecular Hbond substituents is 3. The molecule has 0 aliphatic carbocycles. The Hall–Kier alpha value is -3.49. The van der Waals surface area contributed by atoms with Gasteiger partial charge in [0.1, 0.15) is 0 Å². The zero-order chi connectivity index (χ0) is 19.6. The molecule has 0 aromatic heterocycles. The summed E-state index contributed by atoms with van der Waals surface area (Å²) in [5.74, 6) is -5.20. The van der Waals surface area contributed by atoms with Gasteiger partial charge in [-0.25, -0.2) is 14.4 Å². The highest BCUT2D eigenvalue weighted by Crippen LogP contribution is 2.35. The number of carboxylic acid groups (broad SMARTS) is 3. The number of carboxylic acids is 3. The Kier molecular flexibility index (Phi) is 9.75. The van der Waals surface area contributed by atoms with E-state index in [1.165, 1.54) is 13.8 Å². The first kappa shape index (κ1) is 22.8. The highest BCUT2D eigenvalue weighted by molar-refractivity contribution is 5.89. The highest BCUT2D eigenvalue weighted by Gasteiger charge is 2.11. The standard InChI is InChI=1S/C7H6O5.2C4H6O2/c8-4-1-3(7(11)12)2-5(9)6(4)10;2*1-3(2)4(5)6/h1-2,8-10H,(H,11,12);2*1H2,2H3,(H,5,6). The zero-order valence-corrected chi connectivity index (χ0v) is 13.0. The van der Waals surface area contributed by atoms with Crippen LogP contribution in [-0.4, -0.2) is 48.5 Å². The Balaban J connectivity index is 0. The molecule has 0 unspecified atom stereocenters. The summed E-state index contributed by atoms with van der Waals surface area (Å²) in [5, 5.41) is 50.7. The van der Waals surface area contributed by atoms with Gasteiger partial charge < -0.3 is 30.6 Å². The fraction of sp³-hybridized carbons (Fsp3) is 0.133. The predicted octanol–water partition coefficient (Wildman–Crippen LogP) is 1.80. The van der Waals surface area contributed by atoms with Gasteiger partial charge in [-0.3, -0.25) is 0 Å². The number of aliphatic carboxylic acids is 2. The third-order valence-electron chi connectivity index (χ3n) is 2.05. The van der Waals surface area contributed by atoms with Crippen LogP contribution in [0.5, 0.6) is 17.2 Å².